The molecule has 0 aliphatic carbocycles. The number of aromatic nitrogens is 1. The van der Waals surface area contributed by atoms with E-state index in [-0.39, 0.29) is 23.4 Å². The number of carbonyl (C=O) groups is 1. The lowest BCUT2D eigenvalue weighted by molar-refractivity contribution is 0.0525. The largest absolute Gasteiger partial charge is 0.462 e. The van der Waals surface area contributed by atoms with Gasteiger partial charge in [0, 0.05) is 34.5 Å². The molecular weight excluding hydrogens is 412 g/mol. The van der Waals surface area contributed by atoms with Crippen LogP contribution in [0.4, 0.5) is 8.78 Å². The molecule has 30 heavy (non-hydrogen) atoms. The molecular formula is C23H20ClF2NO3. The Labute approximate surface area is 177 Å². The van der Waals surface area contributed by atoms with E-state index in [1.165, 1.54) is 6.07 Å². The van der Waals surface area contributed by atoms with Crippen molar-refractivity contribution in [3.63, 3.8) is 0 Å². The van der Waals surface area contributed by atoms with Crippen LogP contribution >= 0.6 is 11.6 Å². The average Bonchev–Trinajstić information content (AvgIpc) is 2.69. The van der Waals surface area contributed by atoms with Gasteiger partial charge < -0.3 is 9.30 Å². The van der Waals surface area contributed by atoms with Crippen LogP contribution in [0.1, 0.15) is 29.9 Å². The molecule has 0 N–H and O–H groups in total. The molecule has 156 valence electrons. The van der Waals surface area contributed by atoms with E-state index in [0.717, 1.165) is 12.1 Å². The van der Waals surface area contributed by atoms with Crippen molar-refractivity contribution < 1.29 is 18.3 Å². The number of benzene rings is 2. The van der Waals surface area contributed by atoms with E-state index >= 15 is 0 Å². The predicted octanol–water partition coefficient (Wildman–Crippen LogP) is 5.62. The smallest absolute Gasteiger partial charge is 0.344 e. The lowest BCUT2D eigenvalue weighted by Crippen LogP contribution is -2.26. The first-order chi connectivity index (χ1) is 14.3. The molecule has 0 unspecified atom stereocenters. The van der Waals surface area contributed by atoms with Gasteiger partial charge in [-0.2, -0.15) is 0 Å². The first-order valence-corrected chi connectivity index (χ1v) is 9.83. The molecule has 0 aliphatic heterocycles. The third-order valence-corrected chi connectivity index (χ3v) is 5.09. The number of rotatable bonds is 5. The molecule has 1 aromatic heterocycles. The second kappa shape index (κ2) is 8.79. The molecule has 4 nitrogen and oxygen atoms in total. The fourth-order valence-electron chi connectivity index (χ4n) is 3.54. The van der Waals surface area contributed by atoms with Gasteiger partial charge in [-0.25, -0.2) is 13.6 Å². The molecule has 3 aromatic rings. The number of pyridine rings is 1. The van der Waals surface area contributed by atoms with Gasteiger partial charge in [0.15, 0.2) is 0 Å². The second-order valence-corrected chi connectivity index (χ2v) is 7.05. The first kappa shape index (κ1) is 21.7. The van der Waals surface area contributed by atoms with Crippen LogP contribution in [0.2, 0.25) is 5.02 Å². The molecule has 0 bridgehead atoms. The monoisotopic (exact) mass is 431 g/mol. The van der Waals surface area contributed by atoms with Crippen LogP contribution in [-0.4, -0.2) is 17.1 Å². The Morgan fingerprint density at radius 3 is 2.33 bits per heavy atom. The summed E-state index contributed by atoms with van der Waals surface area (Å²) in [6, 6.07) is 9.67. The maximum atomic E-state index is 14.7. The van der Waals surface area contributed by atoms with Crippen molar-refractivity contribution in [2.45, 2.75) is 27.3 Å². The van der Waals surface area contributed by atoms with Crippen molar-refractivity contribution in [2.75, 3.05) is 6.61 Å². The summed E-state index contributed by atoms with van der Waals surface area (Å²) in [5.74, 6) is -2.49. The van der Waals surface area contributed by atoms with Crippen LogP contribution in [0.25, 0.3) is 22.4 Å². The molecule has 0 spiro atoms. The number of esters is 1. The summed E-state index contributed by atoms with van der Waals surface area (Å²) in [5, 5.41) is 0.503. The zero-order valence-electron chi connectivity index (χ0n) is 16.8. The van der Waals surface area contributed by atoms with Crippen LogP contribution < -0.4 is 5.43 Å². The van der Waals surface area contributed by atoms with Crippen molar-refractivity contribution in [1.29, 1.82) is 0 Å². The van der Waals surface area contributed by atoms with Gasteiger partial charge in [0.1, 0.15) is 17.2 Å². The van der Waals surface area contributed by atoms with Crippen LogP contribution in [0.5, 0.6) is 0 Å². The van der Waals surface area contributed by atoms with Crippen molar-refractivity contribution in [3.05, 3.63) is 80.6 Å². The van der Waals surface area contributed by atoms with E-state index < -0.39 is 23.0 Å². The van der Waals surface area contributed by atoms with Crippen molar-refractivity contribution in [1.82, 2.24) is 4.57 Å². The molecule has 0 radical (unpaired) electrons. The quantitative estimate of drug-likeness (QED) is 0.493. The molecule has 0 saturated heterocycles. The van der Waals surface area contributed by atoms with E-state index in [2.05, 4.69) is 0 Å². The Kier molecular flexibility index (Phi) is 6.37. The third-order valence-electron chi connectivity index (χ3n) is 4.84. The number of hydrogen-bond acceptors (Lipinski definition) is 3. The van der Waals surface area contributed by atoms with E-state index in [4.69, 9.17) is 16.3 Å². The highest BCUT2D eigenvalue weighted by Crippen LogP contribution is 2.31. The number of halogens is 3. The van der Waals surface area contributed by atoms with Gasteiger partial charge in [0.25, 0.3) is 0 Å². The van der Waals surface area contributed by atoms with Crippen molar-refractivity contribution in [2.24, 2.45) is 0 Å². The summed E-state index contributed by atoms with van der Waals surface area (Å²) in [4.78, 5) is 26.3. The molecule has 0 amide bonds. The topological polar surface area (TPSA) is 48.3 Å². The van der Waals surface area contributed by atoms with Crippen LogP contribution in [-0.2, 0) is 11.3 Å². The van der Waals surface area contributed by atoms with Crippen LogP contribution in [0.3, 0.4) is 0 Å². The highest BCUT2D eigenvalue weighted by Gasteiger charge is 2.28. The zero-order chi connectivity index (χ0) is 22.0. The predicted molar refractivity (Wildman–Crippen MR) is 113 cm³/mol. The minimum absolute atomic E-state index is 0.0416. The summed E-state index contributed by atoms with van der Waals surface area (Å²) in [5.41, 5.74) is 0.537. The summed E-state index contributed by atoms with van der Waals surface area (Å²) >= 11 is 5.97. The van der Waals surface area contributed by atoms with Gasteiger partial charge in [-0.1, -0.05) is 23.7 Å². The molecule has 0 aliphatic rings. The standard InChI is InChI=1S/C23H20ClF2NO3/c1-4-27-13(3)19(14-6-8-15(24)9-7-14)22(28)20(23(29)30-5-2)21(27)17-11-10-16(25)12-18(17)26/h6-12H,4-5H2,1-3H3. The first-order valence-electron chi connectivity index (χ1n) is 9.46. The van der Waals surface area contributed by atoms with Gasteiger partial charge in [-0.05, 0) is 50.6 Å². The van der Waals surface area contributed by atoms with Gasteiger partial charge >= 0.3 is 5.97 Å². The average molecular weight is 432 g/mol. The number of carbonyl (C=O) groups excluding carboxylic acids is 1. The molecule has 2 aromatic carbocycles. The van der Waals surface area contributed by atoms with Gasteiger partial charge in [0.05, 0.1) is 12.3 Å². The third kappa shape index (κ3) is 3.87. The zero-order valence-corrected chi connectivity index (χ0v) is 17.5. The molecule has 0 fully saturated rings. The fraction of sp³-hybridized carbons (Fsp3) is 0.217. The summed E-state index contributed by atoms with van der Waals surface area (Å²) in [6.45, 7) is 5.52. The highest BCUT2D eigenvalue weighted by atomic mass is 35.5. The van der Waals surface area contributed by atoms with E-state index in [1.807, 2.05) is 6.92 Å². The fourth-order valence-corrected chi connectivity index (χ4v) is 3.67. The van der Waals surface area contributed by atoms with E-state index in [0.29, 0.717) is 28.4 Å². The molecule has 1 heterocycles. The molecule has 7 heteroatoms. The Morgan fingerprint density at radius 2 is 1.77 bits per heavy atom. The van der Waals surface area contributed by atoms with Crippen LogP contribution in [0.15, 0.2) is 47.3 Å². The minimum atomic E-state index is -0.874. The summed E-state index contributed by atoms with van der Waals surface area (Å²) < 4.78 is 35.0. The minimum Gasteiger partial charge on any atom is -0.462 e. The van der Waals surface area contributed by atoms with Crippen LogP contribution in [0, 0.1) is 18.6 Å². The number of hydrogen-bond donors (Lipinski definition) is 0. The normalized spacial score (nSPS) is 10.9. The van der Waals surface area contributed by atoms with Gasteiger partial charge in [-0.15, -0.1) is 0 Å². The number of ether oxygens (including phenoxy) is 1. The molecule has 0 saturated carbocycles. The number of nitrogens with zero attached hydrogens (tertiary/aromatic N) is 1. The lowest BCUT2D eigenvalue weighted by atomic mass is 9.96. The van der Waals surface area contributed by atoms with Crippen molar-refractivity contribution >= 4 is 17.6 Å². The van der Waals surface area contributed by atoms with Gasteiger partial charge in [0.2, 0.25) is 5.43 Å². The lowest BCUT2D eigenvalue weighted by Gasteiger charge is -2.22. The maximum absolute atomic E-state index is 14.7. The Balaban J connectivity index is 2.46. The molecule has 3 rings (SSSR count). The summed E-state index contributed by atoms with van der Waals surface area (Å²) in [7, 11) is 0. The van der Waals surface area contributed by atoms with Crippen molar-refractivity contribution in [3.8, 4) is 22.4 Å². The Morgan fingerprint density at radius 1 is 1.10 bits per heavy atom. The highest BCUT2D eigenvalue weighted by molar-refractivity contribution is 6.30. The Bertz CT molecular complexity index is 1170. The molecule has 0 atom stereocenters. The Hall–Kier alpha value is -2.99. The second-order valence-electron chi connectivity index (χ2n) is 6.61. The van der Waals surface area contributed by atoms with E-state index in [1.54, 1.807) is 42.7 Å². The van der Waals surface area contributed by atoms with Gasteiger partial charge in [-0.3, -0.25) is 4.79 Å². The SMILES string of the molecule is CCOC(=O)c1c(-c2ccc(F)cc2F)n(CC)c(C)c(-c2ccc(Cl)cc2)c1=O. The van der Waals surface area contributed by atoms with E-state index in [9.17, 15) is 18.4 Å². The summed E-state index contributed by atoms with van der Waals surface area (Å²) in [6.07, 6.45) is 0. The maximum Gasteiger partial charge on any atom is 0.344 e.